The molecule has 0 aromatic carbocycles. The molecule has 0 spiro atoms. The van der Waals surface area contributed by atoms with E-state index in [1.54, 1.807) is 6.92 Å². The van der Waals surface area contributed by atoms with E-state index in [0.717, 1.165) is 0 Å². The van der Waals surface area contributed by atoms with Crippen molar-refractivity contribution in [1.82, 2.24) is 0 Å². The van der Waals surface area contributed by atoms with Crippen LogP contribution in [0.2, 0.25) is 0 Å². The fraction of sp³-hybridized carbons (Fsp3) is 0.375. The maximum atomic E-state index is 11.1. The van der Waals surface area contributed by atoms with Crippen molar-refractivity contribution in [3.05, 3.63) is 12.2 Å². The van der Waals surface area contributed by atoms with E-state index in [4.69, 9.17) is 18.2 Å². The fourth-order valence-corrected chi connectivity index (χ4v) is 1.13. The van der Waals surface area contributed by atoms with Gasteiger partial charge in [0.1, 0.15) is 0 Å². The first-order valence-corrected chi connectivity index (χ1v) is 5.97. The molecule has 6 heteroatoms. The summed E-state index contributed by atoms with van der Waals surface area (Å²) in [6, 6.07) is 0. The third-order valence-electron chi connectivity index (χ3n) is 1.09. The topological polar surface area (TPSA) is 38.7 Å². The van der Waals surface area contributed by atoms with Gasteiger partial charge < -0.3 is 0 Å². The van der Waals surface area contributed by atoms with Gasteiger partial charge in [-0.3, -0.25) is 0 Å². The second kappa shape index (κ2) is 7.29. The van der Waals surface area contributed by atoms with E-state index < -0.39 is 5.97 Å². The van der Waals surface area contributed by atoms with Crippen LogP contribution in [0.1, 0.15) is 6.92 Å². The molecule has 0 saturated carbocycles. The Morgan fingerprint density at radius 2 is 2.29 bits per heavy atom. The van der Waals surface area contributed by atoms with Crippen molar-refractivity contribution < 1.29 is 26.5 Å². The Morgan fingerprint density at radius 1 is 1.71 bits per heavy atom. The van der Waals surface area contributed by atoms with Gasteiger partial charge in [-0.1, -0.05) is 0 Å². The molecule has 3 nitrogen and oxygen atoms in total. The first kappa shape index (κ1) is 14.0. The number of esters is 1. The van der Waals surface area contributed by atoms with Crippen LogP contribution in [0.15, 0.2) is 10.6 Å². The molecule has 0 aromatic heterocycles. The van der Waals surface area contributed by atoms with Crippen LogP contribution in [0, 0.1) is 6.58 Å². The number of ether oxygens (including phenoxy) is 1. The minimum absolute atomic E-state index is 0.0478. The third kappa shape index (κ3) is 5.01. The molecular formula is C8H9ClNO2SV-. The molecule has 0 aromatic rings. The van der Waals surface area contributed by atoms with Crippen molar-refractivity contribution >= 4 is 38.2 Å². The van der Waals surface area contributed by atoms with Crippen molar-refractivity contribution in [2.45, 2.75) is 6.92 Å². The second-order valence-corrected chi connectivity index (χ2v) is 4.32. The summed E-state index contributed by atoms with van der Waals surface area (Å²) in [5.74, 6) is -0.650. The summed E-state index contributed by atoms with van der Waals surface area (Å²) < 4.78 is 5.31. The summed E-state index contributed by atoms with van der Waals surface area (Å²) in [6.07, 6.45) is 1.84. The van der Waals surface area contributed by atoms with E-state index in [9.17, 15) is 4.79 Å². The molecule has 0 fully saturated rings. The van der Waals surface area contributed by atoms with E-state index >= 15 is 0 Å². The Bertz CT molecular complexity index is 291. The van der Waals surface area contributed by atoms with Gasteiger partial charge in [-0.25, -0.2) is 0 Å². The maximum absolute atomic E-state index is 11.1. The van der Waals surface area contributed by atoms with Crippen LogP contribution in [0.4, 0.5) is 0 Å². The summed E-state index contributed by atoms with van der Waals surface area (Å²) in [5.41, 5.74) is -0.175. The SMILES string of the molecule is [CH-]=C(C(=O)OCC)/C(Cl)=N\[C](=[V])SC. The average Bonchev–Trinajstić information content (AvgIpc) is 2.16. The number of hydrogen-bond donors (Lipinski definition) is 0. The molecule has 77 valence electrons. The van der Waals surface area contributed by atoms with Crippen molar-refractivity contribution in [3.8, 4) is 0 Å². The molecule has 0 radical (unpaired) electrons. The van der Waals surface area contributed by atoms with Gasteiger partial charge in [-0.2, -0.15) is 0 Å². The fourth-order valence-electron chi connectivity index (χ4n) is 0.483. The molecule has 0 unspecified atom stereocenters. The van der Waals surface area contributed by atoms with Gasteiger partial charge >= 0.3 is 102 Å². The van der Waals surface area contributed by atoms with Gasteiger partial charge in [0.05, 0.1) is 0 Å². The van der Waals surface area contributed by atoms with Crippen LogP contribution < -0.4 is 0 Å². The molecule has 14 heavy (non-hydrogen) atoms. The summed E-state index contributed by atoms with van der Waals surface area (Å²) in [4.78, 5) is 15.0. The first-order valence-electron chi connectivity index (χ1n) is 3.66. The number of carbonyl (C=O) groups is 1. The predicted molar refractivity (Wildman–Crippen MR) is 56.3 cm³/mol. The van der Waals surface area contributed by atoms with Crippen LogP contribution >= 0.6 is 23.4 Å². The second-order valence-electron chi connectivity index (χ2n) is 2.02. The number of aliphatic imine (C=N–C) groups is 1. The zero-order valence-corrected chi connectivity index (χ0v) is 10.8. The molecule has 0 bridgehead atoms. The van der Waals surface area contributed by atoms with Crippen LogP contribution in [0.3, 0.4) is 0 Å². The zero-order valence-electron chi connectivity index (χ0n) is 7.78. The predicted octanol–water partition coefficient (Wildman–Crippen LogP) is 1.54. The first-order chi connectivity index (χ1) is 6.52. The molecule has 0 amide bonds. The van der Waals surface area contributed by atoms with E-state index in [1.165, 1.54) is 11.8 Å². The molecule has 0 rings (SSSR count). The summed E-state index contributed by atoms with van der Waals surface area (Å²) in [7, 11) is 0. The van der Waals surface area contributed by atoms with Gasteiger partial charge in [-0.05, 0) is 0 Å². The Hall–Kier alpha value is -0.0256. The summed E-state index contributed by atoms with van der Waals surface area (Å²) in [5, 5.41) is -0.0478. The number of nitrogens with zero attached hydrogens (tertiary/aromatic N) is 1. The minimum atomic E-state index is -0.650. The number of halogens is 1. The third-order valence-corrected chi connectivity index (χ3v) is 2.85. The Kier molecular flexibility index (Phi) is 7.28. The molecule has 0 saturated heterocycles. The summed E-state index contributed by atoms with van der Waals surface area (Å²) in [6.45, 7) is 7.34. The number of hydrogen-bond acceptors (Lipinski definition) is 4. The molecule has 0 aliphatic heterocycles. The Balaban J connectivity index is 4.46. The van der Waals surface area contributed by atoms with E-state index in [1.807, 2.05) is 6.26 Å². The molecule has 0 aliphatic rings. The van der Waals surface area contributed by atoms with Crippen molar-refractivity contribution in [2.24, 2.45) is 4.99 Å². The standard InChI is InChI=1S/C8H9ClNO2S.V/c1-4-12-8(11)6(2)7(9)10-5-13-3;/h2H,4H2,1,3H3;/q-1;. The molecule has 0 aliphatic carbocycles. The quantitative estimate of drug-likeness (QED) is 0.329. The van der Waals surface area contributed by atoms with E-state index in [-0.39, 0.29) is 17.4 Å². The normalized spacial score (nSPS) is 10.9. The van der Waals surface area contributed by atoms with Crippen LogP contribution in [-0.2, 0) is 26.5 Å². The van der Waals surface area contributed by atoms with Crippen LogP contribution in [0.25, 0.3) is 0 Å². The van der Waals surface area contributed by atoms with Gasteiger partial charge in [-0.15, -0.1) is 0 Å². The van der Waals surface area contributed by atoms with E-state index in [0.29, 0.717) is 3.68 Å². The van der Waals surface area contributed by atoms with Crippen LogP contribution in [0.5, 0.6) is 0 Å². The van der Waals surface area contributed by atoms with Crippen molar-refractivity contribution in [1.29, 1.82) is 0 Å². The molecule has 0 atom stereocenters. The van der Waals surface area contributed by atoms with Gasteiger partial charge in [0.2, 0.25) is 0 Å². The number of carbonyl (C=O) groups excluding carboxylic acids is 1. The van der Waals surface area contributed by atoms with Crippen molar-refractivity contribution in [2.75, 3.05) is 12.9 Å². The average molecular weight is 270 g/mol. The van der Waals surface area contributed by atoms with E-state index in [2.05, 4.69) is 26.7 Å². The molecular weight excluding hydrogens is 261 g/mol. The zero-order chi connectivity index (χ0) is 11.1. The molecule has 0 heterocycles. The monoisotopic (exact) mass is 269 g/mol. The Labute approximate surface area is 101 Å². The number of rotatable bonds is 5. The Morgan fingerprint density at radius 3 is 2.71 bits per heavy atom. The van der Waals surface area contributed by atoms with Gasteiger partial charge in [0.25, 0.3) is 0 Å². The summed E-state index contributed by atoms with van der Waals surface area (Å²) >= 11 is 9.29. The van der Waals surface area contributed by atoms with Gasteiger partial charge in [0, 0.05) is 0 Å². The van der Waals surface area contributed by atoms with Crippen LogP contribution in [-0.4, -0.2) is 27.7 Å². The van der Waals surface area contributed by atoms with Gasteiger partial charge in [0.15, 0.2) is 0 Å². The number of thioether (sulfide) groups is 1. The van der Waals surface area contributed by atoms with Crippen molar-refractivity contribution in [3.63, 3.8) is 0 Å². The molecule has 0 N–H and O–H groups in total.